The van der Waals surface area contributed by atoms with Crippen LogP contribution in [0.5, 0.6) is 5.75 Å². The van der Waals surface area contributed by atoms with E-state index in [1.54, 1.807) is 6.07 Å². The predicted molar refractivity (Wildman–Crippen MR) is 73.8 cm³/mol. The standard InChI is InChI=1S/C16H13FO3/c17-14-9-12(6-7-16(18)19)8-13(10-14)11-20-15-4-2-1-3-5-15/h1-10H,11H2,(H,18,19). The lowest BCUT2D eigenvalue weighted by Crippen LogP contribution is -1.97. The molecule has 2 rings (SSSR count). The van der Waals surface area contributed by atoms with Crippen LogP contribution in [0.4, 0.5) is 4.39 Å². The van der Waals surface area contributed by atoms with E-state index in [1.165, 1.54) is 18.2 Å². The fourth-order valence-electron chi connectivity index (χ4n) is 1.71. The Balaban J connectivity index is 2.10. The molecule has 0 spiro atoms. The first-order valence-corrected chi connectivity index (χ1v) is 6.02. The third kappa shape index (κ3) is 4.24. The molecule has 1 N–H and O–H groups in total. The van der Waals surface area contributed by atoms with E-state index in [2.05, 4.69) is 0 Å². The van der Waals surface area contributed by atoms with Crippen LogP contribution >= 0.6 is 0 Å². The molecule has 102 valence electrons. The van der Waals surface area contributed by atoms with Crippen molar-refractivity contribution in [3.05, 3.63) is 71.6 Å². The summed E-state index contributed by atoms with van der Waals surface area (Å²) >= 11 is 0. The van der Waals surface area contributed by atoms with Crippen molar-refractivity contribution >= 4 is 12.0 Å². The molecule has 4 heteroatoms. The topological polar surface area (TPSA) is 46.5 Å². The molecule has 0 radical (unpaired) electrons. The Morgan fingerprint density at radius 3 is 2.65 bits per heavy atom. The zero-order valence-corrected chi connectivity index (χ0v) is 10.6. The van der Waals surface area contributed by atoms with Crippen LogP contribution in [-0.4, -0.2) is 11.1 Å². The summed E-state index contributed by atoms with van der Waals surface area (Å²) in [6, 6.07) is 13.5. The Hall–Kier alpha value is -2.62. The summed E-state index contributed by atoms with van der Waals surface area (Å²) in [5.41, 5.74) is 1.12. The molecule has 3 nitrogen and oxygen atoms in total. The number of benzene rings is 2. The molecule has 0 fully saturated rings. The number of halogens is 1. The van der Waals surface area contributed by atoms with E-state index in [-0.39, 0.29) is 6.61 Å². The van der Waals surface area contributed by atoms with E-state index in [0.29, 0.717) is 16.9 Å². The third-order valence-corrected chi connectivity index (χ3v) is 2.55. The van der Waals surface area contributed by atoms with Crippen molar-refractivity contribution in [2.45, 2.75) is 6.61 Å². The minimum atomic E-state index is -1.07. The molecule has 0 aromatic heterocycles. The first-order chi connectivity index (χ1) is 9.63. The van der Waals surface area contributed by atoms with Crippen molar-refractivity contribution in [2.75, 3.05) is 0 Å². The Morgan fingerprint density at radius 2 is 1.95 bits per heavy atom. The van der Waals surface area contributed by atoms with Crippen LogP contribution in [0.25, 0.3) is 6.08 Å². The van der Waals surface area contributed by atoms with Gasteiger partial charge in [-0.25, -0.2) is 9.18 Å². The maximum absolute atomic E-state index is 13.4. The van der Waals surface area contributed by atoms with Gasteiger partial charge in [0, 0.05) is 6.08 Å². The van der Waals surface area contributed by atoms with Gasteiger partial charge < -0.3 is 9.84 Å². The van der Waals surface area contributed by atoms with Gasteiger partial charge in [0.1, 0.15) is 18.2 Å². The lowest BCUT2D eigenvalue weighted by atomic mass is 10.1. The number of rotatable bonds is 5. The average molecular weight is 272 g/mol. The predicted octanol–water partition coefficient (Wildman–Crippen LogP) is 3.50. The second-order valence-corrected chi connectivity index (χ2v) is 4.17. The number of carboxylic acids is 1. The number of carboxylic acid groups (broad SMARTS) is 1. The Labute approximate surface area is 115 Å². The van der Waals surface area contributed by atoms with Gasteiger partial charge in [-0.1, -0.05) is 18.2 Å². The second-order valence-electron chi connectivity index (χ2n) is 4.17. The summed E-state index contributed by atoms with van der Waals surface area (Å²) in [7, 11) is 0. The molecule has 0 atom stereocenters. The number of hydrogen-bond acceptors (Lipinski definition) is 2. The van der Waals surface area contributed by atoms with E-state index >= 15 is 0 Å². The van der Waals surface area contributed by atoms with Gasteiger partial charge in [0.05, 0.1) is 0 Å². The van der Waals surface area contributed by atoms with Crippen molar-refractivity contribution in [3.63, 3.8) is 0 Å². The van der Waals surface area contributed by atoms with E-state index in [4.69, 9.17) is 9.84 Å². The van der Waals surface area contributed by atoms with Crippen LogP contribution in [0.2, 0.25) is 0 Å². The maximum atomic E-state index is 13.4. The first-order valence-electron chi connectivity index (χ1n) is 6.02. The number of hydrogen-bond donors (Lipinski definition) is 1. The van der Waals surface area contributed by atoms with Crippen LogP contribution in [0.1, 0.15) is 11.1 Å². The molecule has 0 saturated carbocycles. The van der Waals surface area contributed by atoms with Crippen LogP contribution in [0.15, 0.2) is 54.6 Å². The Morgan fingerprint density at radius 1 is 1.20 bits per heavy atom. The summed E-state index contributed by atoms with van der Waals surface area (Å²) in [5.74, 6) is -0.806. The number of para-hydroxylation sites is 1. The molecule has 0 bridgehead atoms. The highest BCUT2D eigenvalue weighted by atomic mass is 19.1. The average Bonchev–Trinajstić information content (AvgIpc) is 2.44. The van der Waals surface area contributed by atoms with Crippen LogP contribution in [0.3, 0.4) is 0 Å². The highest BCUT2D eigenvalue weighted by molar-refractivity contribution is 5.85. The molecule has 2 aromatic rings. The smallest absolute Gasteiger partial charge is 0.328 e. The van der Waals surface area contributed by atoms with E-state index in [0.717, 1.165) is 6.08 Å². The van der Waals surface area contributed by atoms with Crippen LogP contribution in [0, 0.1) is 5.82 Å². The minimum absolute atomic E-state index is 0.218. The lowest BCUT2D eigenvalue weighted by Gasteiger charge is -2.07. The largest absolute Gasteiger partial charge is 0.489 e. The fraction of sp³-hybridized carbons (Fsp3) is 0.0625. The van der Waals surface area contributed by atoms with Gasteiger partial charge in [-0.2, -0.15) is 0 Å². The van der Waals surface area contributed by atoms with Crippen molar-refractivity contribution < 1.29 is 19.0 Å². The summed E-state index contributed by atoms with van der Waals surface area (Å²) in [6.07, 6.45) is 2.31. The van der Waals surface area contributed by atoms with Gasteiger partial charge in [0.15, 0.2) is 0 Å². The molecule has 0 aliphatic carbocycles. The summed E-state index contributed by atoms with van der Waals surface area (Å²) < 4.78 is 19.0. The lowest BCUT2D eigenvalue weighted by molar-refractivity contribution is -0.131. The molecular formula is C16H13FO3. The monoisotopic (exact) mass is 272 g/mol. The molecule has 2 aromatic carbocycles. The zero-order valence-electron chi connectivity index (χ0n) is 10.6. The molecule has 0 heterocycles. The molecular weight excluding hydrogens is 259 g/mol. The Bertz CT molecular complexity index is 621. The molecule has 0 amide bonds. The van der Waals surface area contributed by atoms with Gasteiger partial charge in [0.2, 0.25) is 0 Å². The highest BCUT2D eigenvalue weighted by Crippen LogP contribution is 2.15. The molecule has 0 aliphatic heterocycles. The Kier molecular flexibility index (Phi) is 4.50. The van der Waals surface area contributed by atoms with Gasteiger partial charge in [-0.05, 0) is 47.5 Å². The van der Waals surface area contributed by atoms with Crippen molar-refractivity contribution in [2.24, 2.45) is 0 Å². The highest BCUT2D eigenvalue weighted by Gasteiger charge is 2.01. The fourth-order valence-corrected chi connectivity index (χ4v) is 1.71. The second kappa shape index (κ2) is 6.52. The summed E-state index contributed by atoms with van der Waals surface area (Å²) in [6.45, 7) is 0.218. The van der Waals surface area contributed by atoms with Crippen LogP contribution in [-0.2, 0) is 11.4 Å². The molecule has 20 heavy (non-hydrogen) atoms. The van der Waals surface area contributed by atoms with Gasteiger partial charge in [-0.3, -0.25) is 0 Å². The zero-order chi connectivity index (χ0) is 14.4. The van der Waals surface area contributed by atoms with E-state index < -0.39 is 11.8 Å². The van der Waals surface area contributed by atoms with Gasteiger partial charge in [-0.15, -0.1) is 0 Å². The van der Waals surface area contributed by atoms with E-state index in [1.807, 2.05) is 30.3 Å². The van der Waals surface area contributed by atoms with Crippen molar-refractivity contribution in [1.29, 1.82) is 0 Å². The SMILES string of the molecule is O=C(O)C=Cc1cc(F)cc(COc2ccccc2)c1. The number of ether oxygens (including phenoxy) is 1. The summed E-state index contributed by atoms with van der Waals surface area (Å²) in [4.78, 5) is 10.4. The number of aliphatic carboxylic acids is 1. The molecule has 0 saturated heterocycles. The maximum Gasteiger partial charge on any atom is 0.328 e. The molecule has 0 aliphatic rings. The normalized spacial score (nSPS) is 10.7. The molecule has 0 unspecified atom stereocenters. The van der Waals surface area contributed by atoms with Gasteiger partial charge in [0.25, 0.3) is 0 Å². The van der Waals surface area contributed by atoms with Gasteiger partial charge >= 0.3 is 5.97 Å². The summed E-state index contributed by atoms with van der Waals surface area (Å²) in [5, 5.41) is 8.56. The van der Waals surface area contributed by atoms with Crippen molar-refractivity contribution in [1.82, 2.24) is 0 Å². The first kappa shape index (κ1) is 13.8. The quantitative estimate of drug-likeness (QED) is 0.847. The number of carbonyl (C=O) groups is 1. The van der Waals surface area contributed by atoms with Crippen LogP contribution < -0.4 is 4.74 Å². The minimum Gasteiger partial charge on any atom is -0.489 e. The van der Waals surface area contributed by atoms with E-state index in [9.17, 15) is 9.18 Å². The van der Waals surface area contributed by atoms with Crippen molar-refractivity contribution in [3.8, 4) is 5.75 Å². The third-order valence-electron chi connectivity index (χ3n) is 2.55.